The molecule has 1 N–H and O–H groups in total. The summed E-state index contributed by atoms with van der Waals surface area (Å²) in [5, 5.41) is 3.38. The summed E-state index contributed by atoms with van der Waals surface area (Å²) < 4.78 is 11.2. The first-order chi connectivity index (χ1) is 13.7. The van der Waals surface area contributed by atoms with Crippen molar-refractivity contribution in [2.24, 2.45) is 5.41 Å². The first-order valence-electron chi connectivity index (χ1n) is 10.3. The predicted molar refractivity (Wildman–Crippen MR) is 113 cm³/mol. The average Bonchev–Trinajstić information content (AvgIpc) is 3.28. The van der Waals surface area contributed by atoms with Crippen LogP contribution in [0.5, 0.6) is 0 Å². The highest BCUT2D eigenvalue weighted by atomic mass is 32.1. The van der Waals surface area contributed by atoms with Crippen molar-refractivity contribution in [1.82, 2.24) is 5.32 Å². The standard InChI is InChI=1S/C23H29NO4S/c1-13-7-8-18(29-13)21-19(22(26)28-12-15-6-5-9-27-15)14(2)24-16-10-23(3,4)11-17(25)20(16)21/h7-8,15,21,24H,5-6,9-12H2,1-4H3/t15-,21-/m0/s1. The van der Waals surface area contributed by atoms with Gasteiger partial charge in [-0.05, 0) is 50.7 Å². The van der Waals surface area contributed by atoms with Gasteiger partial charge >= 0.3 is 5.97 Å². The Morgan fingerprint density at radius 3 is 2.76 bits per heavy atom. The Kier molecular flexibility index (Phi) is 5.42. The molecule has 0 amide bonds. The number of aryl methyl sites for hydroxylation is 1. The molecule has 0 spiro atoms. The number of Topliss-reactive ketones (excluding diaryl/α,β-unsaturated/α-hetero) is 1. The summed E-state index contributed by atoms with van der Waals surface area (Å²) in [5.74, 6) is -0.590. The molecule has 4 rings (SSSR count). The normalized spacial score (nSPS) is 26.4. The van der Waals surface area contributed by atoms with Gasteiger partial charge in [0.1, 0.15) is 6.61 Å². The van der Waals surface area contributed by atoms with Gasteiger partial charge in [0.05, 0.1) is 17.6 Å². The SMILES string of the molecule is CC1=C(C(=O)OC[C@@H]2CCCO2)[C@H](c2ccc(C)s2)C2=C(CC(C)(C)CC2=O)N1. The molecule has 1 aromatic rings. The first-order valence-corrected chi connectivity index (χ1v) is 11.2. The highest BCUT2D eigenvalue weighted by Gasteiger charge is 2.43. The van der Waals surface area contributed by atoms with Crippen LogP contribution in [0.25, 0.3) is 0 Å². The molecular weight excluding hydrogens is 386 g/mol. The highest BCUT2D eigenvalue weighted by Crippen LogP contribution is 2.48. The third-order valence-corrected chi connectivity index (χ3v) is 7.00. The lowest BCUT2D eigenvalue weighted by atomic mass is 9.70. The van der Waals surface area contributed by atoms with Crippen molar-refractivity contribution in [3.05, 3.63) is 44.4 Å². The smallest absolute Gasteiger partial charge is 0.336 e. The Labute approximate surface area is 176 Å². The van der Waals surface area contributed by atoms with Crippen LogP contribution in [0, 0.1) is 12.3 Å². The van der Waals surface area contributed by atoms with Crippen LogP contribution in [0.3, 0.4) is 0 Å². The molecule has 3 heterocycles. The second-order valence-electron chi connectivity index (χ2n) is 9.11. The molecule has 6 heteroatoms. The number of carbonyl (C=O) groups is 2. The van der Waals surface area contributed by atoms with E-state index < -0.39 is 0 Å². The van der Waals surface area contributed by atoms with E-state index in [1.165, 1.54) is 0 Å². The lowest BCUT2D eigenvalue weighted by molar-refractivity contribution is -0.142. The minimum atomic E-state index is -0.356. The van der Waals surface area contributed by atoms with Crippen LogP contribution in [-0.2, 0) is 19.1 Å². The predicted octanol–water partition coefficient (Wildman–Crippen LogP) is 4.38. The van der Waals surface area contributed by atoms with Gasteiger partial charge in [-0.3, -0.25) is 4.79 Å². The van der Waals surface area contributed by atoms with Gasteiger partial charge < -0.3 is 14.8 Å². The number of allylic oxidation sites excluding steroid dienone is 3. The van der Waals surface area contributed by atoms with Crippen LogP contribution in [-0.4, -0.2) is 31.1 Å². The Bertz CT molecular complexity index is 902. The molecule has 29 heavy (non-hydrogen) atoms. The maximum Gasteiger partial charge on any atom is 0.336 e. The number of carbonyl (C=O) groups excluding carboxylic acids is 2. The second-order valence-corrected chi connectivity index (χ2v) is 10.4. The average molecular weight is 416 g/mol. The van der Waals surface area contributed by atoms with Crippen LogP contribution in [0.15, 0.2) is 34.7 Å². The summed E-state index contributed by atoms with van der Waals surface area (Å²) in [6.45, 7) is 9.17. The summed E-state index contributed by atoms with van der Waals surface area (Å²) in [6, 6.07) is 4.08. The molecule has 0 saturated carbocycles. The number of thiophene rings is 1. The molecule has 2 atom stereocenters. The van der Waals surface area contributed by atoms with Gasteiger partial charge in [-0.1, -0.05) is 13.8 Å². The summed E-state index contributed by atoms with van der Waals surface area (Å²) in [6.07, 6.45) is 3.19. The number of hydrogen-bond acceptors (Lipinski definition) is 6. The fraction of sp³-hybridized carbons (Fsp3) is 0.565. The van der Waals surface area contributed by atoms with Crippen molar-refractivity contribution < 1.29 is 19.1 Å². The zero-order chi connectivity index (χ0) is 20.8. The van der Waals surface area contributed by atoms with Crippen LogP contribution in [0.1, 0.15) is 62.1 Å². The quantitative estimate of drug-likeness (QED) is 0.739. The van der Waals surface area contributed by atoms with Crippen molar-refractivity contribution in [1.29, 1.82) is 0 Å². The number of ketones is 1. The highest BCUT2D eigenvalue weighted by molar-refractivity contribution is 7.12. The third kappa shape index (κ3) is 4.05. The van der Waals surface area contributed by atoms with Gasteiger partial charge in [-0.25, -0.2) is 4.79 Å². The van der Waals surface area contributed by atoms with Gasteiger partial charge in [-0.15, -0.1) is 11.3 Å². The van der Waals surface area contributed by atoms with Crippen molar-refractivity contribution in [2.45, 2.75) is 65.4 Å². The first kappa shape index (κ1) is 20.4. The van der Waals surface area contributed by atoms with Crippen LogP contribution in [0.4, 0.5) is 0 Å². The van der Waals surface area contributed by atoms with Gasteiger partial charge in [0.15, 0.2) is 5.78 Å². The van der Waals surface area contributed by atoms with Crippen molar-refractivity contribution in [2.75, 3.05) is 13.2 Å². The number of nitrogens with one attached hydrogen (secondary N) is 1. The molecule has 0 aromatic carbocycles. The number of rotatable bonds is 4. The lowest BCUT2D eigenvalue weighted by Gasteiger charge is -2.39. The van der Waals surface area contributed by atoms with Gasteiger partial charge in [0.2, 0.25) is 0 Å². The fourth-order valence-corrected chi connectivity index (χ4v) is 5.62. The Morgan fingerprint density at radius 2 is 2.10 bits per heavy atom. The second kappa shape index (κ2) is 7.73. The van der Waals surface area contributed by atoms with E-state index in [0.29, 0.717) is 12.0 Å². The van der Waals surface area contributed by atoms with Gasteiger partial charge in [-0.2, -0.15) is 0 Å². The number of dihydropyridines is 1. The zero-order valence-corrected chi connectivity index (χ0v) is 18.4. The Balaban J connectivity index is 1.69. The molecule has 0 radical (unpaired) electrons. The minimum absolute atomic E-state index is 0.0225. The summed E-state index contributed by atoms with van der Waals surface area (Å²) in [4.78, 5) is 28.5. The van der Waals surface area contributed by atoms with E-state index in [0.717, 1.165) is 52.6 Å². The maximum atomic E-state index is 13.2. The molecule has 1 aliphatic carbocycles. The van der Waals surface area contributed by atoms with Crippen LogP contribution >= 0.6 is 11.3 Å². The zero-order valence-electron chi connectivity index (χ0n) is 17.6. The van der Waals surface area contributed by atoms with Crippen molar-refractivity contribution >= 4 is 23.1 Å². The van der Waals surface area contributed by atoms with E-state index in [2.05, 4.69) is 19.2 Å². The molecule has 1 saturated heterocycles. The largest absolute Gasteiger partial charge is 0.459 e. The van der Waals surface area contributed by atoms with E-state index >= 15 is 0 Å². The minimum Gasteiger partial charge on any atom is -0.459 e. The van der Waals surface area contributed by atoms with Crippen LogP contribution in [0.2, 0.25) is 0 Å². The number of esters is 1. The van der Waals surface area contributed by atoms with E-state index in [1.807, 2.05) is 26.0 Å². The molecular formula is C23H29NO4S. The van der Waals surface area contributed by atoms with Gasteiger partial charge in [0, 0.05) is 39.7 Å². The molecule has 1 fully saturated rings. The maximum absolute atomic E-state index is 13.2. The molecule has 0 bridgehead atoms. The lowest BCUT2D eigenvalue weighted by Crippen LogP contribution is -2.38. The van der Waals surface area contributed by atoms with Crippen molar-refractivity contribution in [3.63, 3.8) is 0 Å². The van der Waals surface area contributed by atoms with E-state index in [9.17, 15) is 9.59 Å². The Morgan fingerprint density at radius 1 is 1.31 bits per heavy atom. The monoisotopic (exact) mass is 415 g/mol. The molecule has 156 valence electrons. The van der Waals surface area contributed by atoms with Crippen molar-refractivity contribution in [3.8, 4) is 0 Å². The topological polar surface area (TPSA) is 64.6 Å². The molecule has 2 aliphatic heterocycles. The number of ether oxygens (including phenoxy) is 2. The Hall–Kier alpha value is -1.92. The summed E-state index contributed by atoms with van der Waals surface area (Å²) >= 11 is 1.64. The molecule has 1 aromatic heterocycles. The van der Waals surface area contributed by atoms with E-state index in [4.69, 9.17) is 9.47 Å². The van der Waals surface area contributed by atoms with Gasteiger partial charge in [0.25, 0.3) is 0 Å². The summed E-state index contributed by atoms with van der Waals surface area (Å²) in [7, 11) is 0. The van der Waals surface area contributed by atoms with E-state index in [1.54, 1.807) is 11.3 Å². The van der Waals surface area contributed by atoms with E-state index in [-0.39, 0.29) is 35.8 Å². The molecule has 5 nitrogen and oxygen atoms in total. The molecule has 0 unspecified atom stereocenters. The third-order valence-electron chi connectivity index (χ3n) is 5.93. The summed E-state index contributed by atoms with van der Waals surface area (Å²) in [5.41, 5.74) is 2.94. The molecule has 3 aliphatic rings. The fourth-order valence-electron chi connectivity index (χ4n) is 4.62. The number of hydrogen-bond donors (Lipinski definition) is 1. The van der Waals surface area contributed by atoms with Crippen LogP contribution < -0.4 is 5.32 Å².